The number of anilines is 1. The molecule has 0 atom stereocenters. The highest BCUT2D eigenvalue weighted by Crippen LogP contribution is 2.14. The monoisotopic (exact) mass is 238 g/mol. The second-order valence-corrected chi connectivity index (χ2v) is 4.56. The molecule has 0 saturated carbocycles. The van der Waals surface area contributed by atoms with Crippen molar-refractivity contribution in [2.24, 2.45) is 0 Å². The molecule has 0 saturated heterocycles. The first-order valence-electron chi connectivity index (χ1n) is 5.31. The topological polar surface area (TPSA) is 62.7 Å². The first-order valence-corrected chi connectivity index (χ1v) is 5.31. The van der Waals surface area contributed by atoms with Gasteiger partial charge in [-0.05, 0) is 26.0 Å². The van der Waals surface area contributed by atoms with Crippen molar-refractivity contribution in [3.8, 4) is 0 Å². The maximum absolute atomic E-state index is 11.4. The van der Waals surface area contributed by atoms with Gasteiger partial charge in [0.1, 0.15) is 5.82 Å². The number of nitrogens with zero attached hydrogens (tertiary/aromatic N) is 2. The van der Waals surface area contributed by atoms with Crippen LogP contribution in [0, 0.1) is 0 Å². The van der Waals surface area contributed by atoms with Gasteiger partial charge in [0.25, 0.3) is 0 Å². The van der Waals surface area contributed by atoms with Gasteiger partial charge in [0.05, 0.1) is 18.3 Å². The number of rotatable bonds is 4. The number of esters is 1. The van der Waals surface area contributed by atoms with E-state index in [1.807, 2.05) is 0 Å². The van der Waals surface area contributed by atoms with E-state index in [1.165, 1.54) is 7.11 Å². The maximum atomic E-state index is 11.4. The molecular formula is C12H18N2O3. The SMILES string of the molecule is COC(=O)c1ccnc(N(C)CC(C)(C)O)c1. The van der Waals surface area contributed by atoms with Crippen LogP contribution in [0.3, 0.4) is 0 Å². The number of carbonyl (C=O) groups excluding carboxylic acids is 1. The smallest absolute Gasteiger partial charge is 0.338 e. The van der Waals surface area contributed by atoms with Crippen LogP contribution in [0.5, 0.6) is 0 Å². The van der Waals surface area contributed by atoms with Crippen LogP contribution in [0.2, 0.25) is 0 Å². The number of aromatic nitrogens is 1. The van der Waals surface area contributed by atoms with Crippen LogP contribution >= 0.6 is 0 Å². The number of pyridine rings is 1. The third-order valence-electron chi connectivity index (χ3n) is 2.18. The molecule has 0 spiro atoms. The van der Waals surface area contributed by atoms with E-state index in [-0.39, 0.29) is 0 Å². The number of methoxy groups -OCH3 is 1. The second-order valence-electron chi connectivity index (χ2n) is 4.56. The molecule has 5 nitrogen and oxygen atoms in total. The van der Waals surface area contributed by atoms with Gasteiger partial charge >= 0.3 is 5.97 Å². The summed E-state index contributed by atoms with van der Waals surface area (Å²) in [6, 6.07) is 3.23. The van der Waals surface area contributed by atoms with E-state index in [0.29, 0.717) is 17.9 Å². The van der Waals surface area contributed by atoms with E-state index in [1.54, 1.807) is 44.1 Å². The lowest BCUT2D eigenvalue weighted by molar-refractivity contribution is 0.0600. The lowest BCUT2D eigenvalue weighted by Gasteiger charge is -2.26. The fourth-order valence-electron chi connectivity index (χ4n) is 1.53. The Hall–Kier alpha value is -1.62. The Morgan fingerprint density at radius 3 is 2.76 bits per heavy atom. The van der Waals surface area contributed by atoms with Crippen LogP contribution in [0.1, 0.15) is 24.2 Å². The fraction of sp³-hybridized carbons (Fsp3) is 0.500. The zero-order chi connectivity index (χ0) is 13.1. The fourth-order valence-corrected chi connectivity index (χ4v) is 1.53. The Bertz CT molecular complexity index is 399. The van der Waals surface area contributed by atoms with Gasteiger partial charge in [-0.2, -0.15) is 0 Å². The van der Waals surface area contributed by atoms with E-state index < -0.39 is 11.6 Å². The average molecular weight is 238 g/mol. The van der Waals surface area contributed by atoms with Crippen LogP contribution in [0.25, 0.3) is 0 Å². The summed E-state index contributed by atoms with van der Waals surface area (Å²) >= 11 is 0. The van der Waals surface area contributed by atoms with Gasteiger partial charge in [-0.3, -0.25) is 0 Å². The summed E-state index contributed by atoms with van der Waals surface area (Å²) in [6.45, 7) is 3.85. The molecule has 0 aliphatic carbocycles. The van der Waals surface area contributed by atoms with Gasteiger partial charge in [-0.15, -0.1) is 0 Å². The minimum absolute atomic E-state index is 0.398. The first kappa shape index (κ1) is 13.4. The predicted octanol–water partition coefficient (Wildman–Crippen LogP) is 1.08. The average Bonchev–Trinajstić information content (AvgIpc) is 2.26. The molecule has 1 rings (SSSR count). The van der Waals surface area contributed by atoms with E-state index in [4.69, 9.17) is 0 Å². The minimum atomic E-state index is -0.822. The van der Waals surface area contributed by atoms with E-state index >= 15 is 0 Å². The van der Waals surface area contributed by atoms with Crippen LogP contribution in [0.15, 0.2) is 18.3 Å². The molecule has 94 valence electrons. The molecule has 0 bridgehead atoms. The zero-order valence-electron chi connectivity index (χ0n) is 10.6. The van der Waals surface area contributed by atoms with Gasteiger partial charge in [-0.1, -0.05) is 0 Å². The Labute approximate surface area is 101 Å². The number of hydrogen-bond acceptors (Lipinski definition) is 5. The molecule has 0 radical (unpaired) electrons. The lowest BCUT2D eigenvalue weighted by Crippen LogP contribution is -2.36. The Balaban J connectivity index is 2.88. The van der Waals surface area contributed by atoms with E-state index in [0.717, 1.165) is 0 Å². The van der Waals surface area contributed by atoms with Crippen molar-refractivity contribution < 1.29 is 14.6 Å². The van der Waals surface area contributed by atoms with Crippen LogP contribution in [0.4, 0.5) is 5.82 Å². The highest BCUT2D eigenvalue weighted by atomic mass is 16.5. The van der Waals surface area contributed by atoms with Crippen molar-refractivity contribution in [1.29, 1.82) is 0 Å². The second kappa shape index (κ2) is 5.14. The molecule has 1 aromatic rings. The number of carbonyl (C=O) groups is 1. The summed E-state index contributed by atoms with van der Waals surface area (Å²) < 4.78 is 4.64. The maximum Gasteiger partial charge on any atom is 0.338 e. The summed E-state index contributed by atoms with van der Waals surface area (Å²) in [6.07, 6.45) is 1.54. The largest absolute Gasteiger partial charge is 0.465 e. The number of likely N-dealkylation sites (N-methyl/N-ethyl adjacent to an activating group) is 1. The van der Waals surface area contributed by atoms with Crippen molar-refractivity contribution in [3.05, 3.63) is 23.9 Å². The summed E-state index contributed by atoms with van der Waals surface area (Å²) in [5, 5.41) is 9.71. The van der Waals surface area contributed by atoms with Crippen LogP contribution < -0.4 is 4.90 Å². The molecule has 5 heteroatoms. The Morgan fingerprint density at radius 1 is 1.59 bits per heavy atom. The molecule has 0 unspecified atom stereocenters. The third-order valence-corrected chi connectivity index (χ3v) is 2.18. The normalized spacial score (nSPS) is 11.1. The van der Waals surface area contributed by atoms with Crippen molar-refractivity contribution >= 4 is 11.8 Å². The summed E-state index contributed by atoms with van der Waals surface area (Å²) in [4.78, 5) is 17.3. The molecule has 0 aromatic carbocycles. The van der Waals surface area contributed by atoms with Crippen molar-refractivity contribution in [2.75, 3.05) is 25.6 Å². The zero-order valence-corrected chi connectivity index (χ0v) is 10.6. The van der Waals surface area contributed by atoms with E-state index in [9.17, 15) is 9.90 Å². The minimum Gasteiger partial charge on any atom is -0.465 e. The van der Waals surface area contributed by atoms with E-state index in [2.05, 4.69) is 9.72 Å². The summed E-state index contributed by atoms with van der Waals surface area (Å²) in [5.74, 6) is 0.223. The van der Waals surface area contributed by atoms with Crippen molar-refractivity contribution in [2.45, 2.75) is 19.4 Å². The number of aliphatic hydroxyl groups is 1. The van der Waals surface area contributed by atoms with Crippen LogP contribution in [-0.4, -0.2) is 42.4 Å². The number of ether oxygens (including phenoxy) is 1. The predicted molar refractivity (Wildman–Crippen MR) is 65.1 cm³/mol. The Kier molecular flexibility index (Phi) is 4.07. The third kappa shape index (κ3) is 4.03. The lowest BCUT2D eigenvalue weighted by atomic mass is 10.1. The Morgan fingerprint density at radius 2 is 2.24 bits per heavy atom. The molecule has 17 heavy (non-hydrogen) atoms. The molecule has 1 N–H and O–H groups in total. The standard InChI is InChI=1S/C12H18N2O3/c1-12(2,16)8-14(3)10-7-9(5-6-13-10)11(15)17-4/h5-7,16H,8H2,1-4H3. The molecule has 1 heterocycles. The quantitative estimate of drug-likeness (QED) is 0.795. The van der Waals surface area contributed by atoms with Gasteiger partial charge in [0.15, 0.2) is 0 Å². The molecule has 0 aliphatic heterocycles. The van der Waals surface area contributed by atoms with Gasteiger partial charge < -0.3 is 14.7 Å². The van der Waals surface area contributed by atoms with Gasteiger partial charge in [-0.25, -0.2) is 9.78 Å². The molecule has 1 aromatic heterocycles. The highest BCUT2D eigenvalue weighted by Gasteiger charge is 2.17. The molecule has 0 fully saturated rings. The summed E-state index contributed by atoms with van der Waals surface area (Å²) in [7, 11) is 3.14. The van der Waals surface area contributed by atoms with Crippen LogP contribution in [-0.2, 0) is 4.74 Å². The van der Waals surface area contributed by atoms with Crippen molar-refractivity contribution in [3.63, 3.8) is 0 Å². The number of hydrogen-bond donors (Lipinski definition) is 1. The molecule has 0 aliphatic rings. The first-order chi connectivity index (χ1) is 7.83. The summed E-state index contributed by atoms with van der Waals surface area (Å²) in [5.41, 5.74) is -0.377. The van der Waals surface area contributed by atoms with Crippen molar-refractivity contribution in [1.82, 2.24) is 4.98 Å². The molecular weight excluding hydrogens is 220 g/mol. The highest BCUT2D eigenvalue weighted by molar-refractivity contribution is 5.90. The molecule has 0 amide bonds. The van der Waals surface area contributed by atoms with Gasteiger partial charge in [0.2, 0.25) is 0 Å². The van der Waals surface area contributed by atoms with Gasteiger partial charge in [0, 0.05) is 19.8 Å².